The van der Waals surface area contributed by atoms with Gasteiger partial charge in [0.05, 0.1) is 19.2 Å². The first-order valence-corrected chi connectivity index (χ1v) is 9.68. The van der Waals surface area contributed by atoms with Gasteiger partial charge < -0.3 is 14.6 Å². The van der Waals surface area contributed by atoms with E-state index in [9.17, 15) is 9.18 Å². The first-order valence-electron chi connectivity index (χ1n) is 9.68. The average Bonchev–Trinajstić information content (AvgIpc) is 2.77. The molecule has 4 aromatic rings. The summed E-state index contributed by atoms with van der Waals surface area (Å²) in [5, 5.41) is 4.11. The highest BCUT2D eigenvalue weighted by Gasteiger charge is 2.11. The van der Waals surface area contributed by atoms with Gasteiger partial charge in [0.1, 0.15) is 11.6 Å². The van der Waals surface area contributed by atoms with Gasteiger partial charge in [-0.05, 0) is 59.0 Å². The summed E-state index contributed by atoms with van der Waals surface area (Å²) in [5.41, 5.74) is 2.99. The van der Waals surface area contributed by atoms with Crippen LogP contribution in [-0.4, -0.2) is 16.7 Å². The zero-order valence-electron chi connectivity index (χ0n) is 16.6. The van der Waals surface area contributed by atoms with Gasteiger partial charge in [-0.25, -0.2) is 4.39 Å². The lowest BCUT2D eigenvalue weighted by Crippen LogP contribution is -2.28. The van der Waals surface area contributed by atoms with Gasteiger partial charge >= 0.3 is 0 Å². The molecule has 6 heteroatoms. The molecule has 0 radical (unpaired) electrons. The second kappa shape index (κ2) is 8.88. The number of aromatic nitrogens is 2. The minimum absolute atomic E-state index is 0.144. The minimum Gasteiger partial charge on any atom is -0.497 e. The molecule has 5 nitrogen and oxygen atoms in total. The number of benzene rings is 2. The molecule has 0 aliphatic carbocycles. The van der Waals surface area contributed by atoms with Crippen LogP contribution < -0.4 is 15.6 Å². The van der Waals surface area contributed by atoms with Crippen LogP contribution >= 0.6 is 0 Å². The van der Waals surface area contributed by atoms with Crippen molar-refractivity contribution in [1.82, 2.24) is 14.9 Å². The van der Waals surface area contributed by atoms with Crippen LogP contribution in [0.2, 0.25) is 0 Å². The van der Waals surface area contributed by atoms with Crippen molar-refractivity contribution < 1.29 is 9.13 Å². The summed E-state index contributed by atoms with van der Waals surface area (Å²) in [6.45, 7) is 1.33. The fourth-order valence-electron chi connectivity index (χ4n) is 3.49. The fraction of sp³-hybridized carbons (Fsp3) is 0.167. The van der Waals surface area contributed by atoms with E-state index in [1.807, 2.05) is 42.5 Å². The van der Waals surface area contributed by atoms with Gasteiger partial charge in [0.2, 0.25) is 0 Å². The van der Waals surface area contributed by atoms with E-state index in [0.717, 1.165) is 16.5 Å². The number of nitrogens with one attached hydrogen (secondary N) is 1. The number of halogens is 1. The zero-order valence-corrected chi connectivity index (χ0v) is 16.6. The maximum absolute atomic E-state index is 13.9. The van der Waals surface area contributed by atoms with E-state index < -0.39 is 0 Å². The van der Waals surface area contributed by atoms with E-state index >= 15 is 0 Å². The van der Waals surface area contributed by atoms with Crippen LogP contribution in [0.1, 0.15) is 16.7 Å². The normalized spacial score (nSPS) is 11.0. The van der Waals surface area contributed by atoms with E-state index in [4.69, 9.17) is 4.74 Å². The Hall–Kier alpha value is -3.51. The molecule has 0 spiro atoms. The molecule has 0 saturated heterocycles. The van der Waals surface area contributed by atoms with E-state index in [0.29, 0.717) is 36.5 Å². The molecule has 0 fully saturated rings. The van der Waals surface area contributed by atoms with Crippen molar-refractivity contribution in [1.29, 1.82) is 0 Å². The summed E-state index contributed by atoms with van der Waals surface area (Å²) < 4.78 is 20.8. The maximum atomic E-state index is 13.9. The Balaban J connectivity index is 1.68. The summed E-state index contributed by atoms with van der Waals surface area (Å²) in [6, 6.07) is 17.7. The van der Waals surface area contributed by atoms with Crippen LogP contribution in [0.15, 0.2) is 77.9 Å². The number of ether oxygens (including phenoxy) is 1. The highest BCUT2D eigenvalue weighted by atomic mass is 19.1. The molecule has 2 aromatic carbocycles. The Morgan fingerprint density at radius 1 is 1.03 bits per heavy atom. The van der Waals surface area contributed by atoms with Crippen molar-refractivity contribution in [2.45, 2.75) is 19.6 Å². The lowest BCUT2D eigenvalue weighted by atomic mass is 10.1. The fourth-order valence-corrected chi connectivity index (χ4v) is 3.49. The first-order chi connectivity index (χ1) is 14.6. The van der Waals surface area contributed by atoms with E-state index in [-0.39, 0.29) is 11.4 Å². The Kier molecular flexibility index (Phi) is 5.86. The number of hydrogen-bond donors (Lipinski definition) is 1. The van der Waals surface area contributed by atoms with Crippen molar-refractivity contribution in [3.63, 3.8) is 0 Å². The Labute approximate surface area is 173 Å². The third-order valence-electron chi connectivity index (χ3n) is 4.98. The quantitative estimate of drug-likeness (QED) is 0.509. The van der Waals surface area contributed by atoms with Crippen LogP contribution in [0.5, 0.6) is 5.75 Å². The predicted molar refractivity (Wildman–Crippen MR) is 115 cm³/mol. The number of nitrogens with zero attached hydrogens (tertiary/aromatic N) is 2. The monoisotopic (exact) mass is 403 g/mol. The SMILES string of the molecule is COc1cccc(Cn2c(=O)c(CNCc3cccnc3)cc3ccc(F)cc32)c1. The molecule has 1 N–H and O–H groups in total. The number of methoxy groups -OCH3 is 1. The largest absolute Gasteiger partial charge is 0.497 e. The molecule has 0 aliphatic heterocycles. The topological polar surface area (TPSA) is 56.1 Å². The summed E-state index contributed by atoms with van der Waals surface area (Å²) in [6.07, 6.45) is 3.51. The Morgan fingerprint density at radius 2 is 1.90 bits per heavy atom. The highest BCUT2D eigenvalue weighted by molar-refractivity contribution is 5.79. The second-order valence-corrected chi connectivity index (χ2v) is 7.08. The number of hydrogen-bond acceptors (Lipinski definition) is 4. The van der Waals surface area contributed by atoms with Crippen LogP contribution in [-0.2, 0) is 19.6 Å². The minimum atomic E-state index is -0.372. The summed E-state index contributed by atoms with van der Waals surface area (Å²) in [5.74, 6) is 0.342. The van der Waals surface area contributed by atoms with Gasteiger partial charge in [-0.3, -0.25) is 9.78 Å². The van der Waals surface area contributed by atoms with E-state index in [1.165, 1.54) is 12.1 Å². The molecule has 0 atom stereocenters. The number of pyridine rings is 2. The summed E-state index contributed by atoms with van der Waals surface area (Å²) in [4.78, 5) is 17.4. The van der Waals surface area contributed by atoms with Crippen molar-refractivity contribution >= 4 is 10.9 Å². The zero-order chi connectivity index (χ0) is 20.9. The molecule has 152 valence electrons. The average molecular weight is 403 g/mol. The van der Waals surface area contributed by atoms with Crippen LogP contribution in [0.3, 0.4) is 0 Å². The number of fused-ring (bicyclic) bond motifs is 1. The van der Waals surface area contributed by atoms with Crippen molar-refractivity contribution in [3.05, 3.63) is 106 Å². The van der Waals surface area contributed by atoms with Crippen molar-refractivity contribution in [3.8, 4) is 5.75 Å². The van der Waals surface area contributed by atoms with Crippen LogP contribution in [0.4, 0.5) is 4.39 Å². The van der Waals surface area contributed by atoms with Crippen LogP contribution in [0, 0.1) is 5.82 Å². The Morgan fingerprint density at radius 3 is 2.70 bits per heavy atom. The van der Waals surface area contributed by atoms with Gasteiger partial charge in [0, 0.05) is 31.0 Å². The molecule has 0 bridgehead atoms. The second-order valence-electron chi connectivity index (χ2n) is 7.08. The van der Waals surface area contributed by atoms with Gasteiger partial charge in [-0.15, -0.1) is 0 Å². The molecule has 2 heterocycles. The van der Waals surface area contributed by atoms with Gasteiger partial charge in [0.15, 0.2) is 0 Å². The molecule has 0 amide bonds. The van der Waals surface area contributed by atoms with Crippen molar-refractivity contribution in [2.75, 3.05) is 7.11 Å². The third-order valence-corrected chi connectivity index (χ3v) is 4.98. The molecule has 4 rings (SSSR count). The lowest BCUT2D eigenvalue weighted by molar-refractivity contribution is 0.414. The van der Waals surface area contributed by atoms with Gasteiger partial charge in [-0.2, -0.15) is 0 Å². The first kappa shape index (κ1) is 19.8. The van der Waals surface area contributed by atoms with Gasteiger partial charge in [0.25, 0.3) is 5.56 Å². The third kappa shape index (κ3) is 4.39. The molecular weight excluding hydrogens is 381 g/mol. The number of rotatable bonds is 7. The highest BCUT2D eigenvalue weighted by Crippen LogP contribution is 2.19. The predicted octanol–water partition coefficient (Wildman–Crippen LogP) is 3.88. The standard InChI is InChI=1S/C24H22FN3O2/c1-30-22-6-2-4-17(10-22)16-28-23-12-21(25)8-7-19(23)11-20(24(28)29)15-27-14-18-5-3-9-26-13-18/h2-13,27H,14-16H2,1H3. The molecule has 0 aliphatic rings. The molecular formula is C24H22FN3O2. The van der Waals surface area contributed by atoms with E-state index in [1.54, 1.807) is 30.1 Å². The molecule has 0 saturated carbocycles. The molecule has 2 aromatic heterocycles. The van der Waals surface area contributed by atoms with Gasteiger partial charge in [-0.1, -0.05) is 18.2 Å². The summed E-state index contributed by atoms with van der Waals surface area (Å²) >= 11 is 0. The lowest BCUT2D eigenvalue weighted by Gasteiger charge is -2.14. The maximum Gasteiger partial charge on any atom is 0.255 e. The molecule has 0 unspecified atom stereocenters. The van der Waals surface area contributed by atoms with Crippen molar-refractivity contribution in [2.24, 2.45) is 0 Å². The Bertz CT molecular complexity index is 1220. The van der Waals surface area contributed by atoms with Crippen LogP contribution in [0.25, 0.3) is 10.9 Å². The van der Waals surface area contributed by atoms with E-state index in [2.05, 4.69) is 10.3 Å². The smallest absolute Gasteiger partial charge is 0.255 e. The molecule has 30 heavy (non-hydrogen) atoms. The summed E-state index contributed by atoms with van der Waals surface area (Å²) in [7, 11) is 1.60.